The van der Waals surface area contributed by atoms with Crippen molar-refractivity contribution in [2.24, 2.45) is 11.1 Å². The Kier molecular flexibility index (Phi) is 7.67. The summed E-state index contributed by atoms with van der Waals surface area (Å²) in [6.45, 7) is 10.7. The van der Waals surface area contributed by atoms with Crippen LogP contribution in [0.25, 0.3) is 0 Å². The summed E-state index contributed by atoms with van der Waals surface area (Å²) in [6, 6.07) is 0. The van der Waals surface area contributed by atoms with Gasteiger partial charge in [-0.1, -0.05) is 24.1 Å². The third-order valence-corrected chi connectivity index (χ3v) is 4.97. The van der Waals surface area contributed by atoms with Crippen molar-refractivity contribution in [2.45, 2.75) is 73.0 Å². The van der Waals surface area contributed by atoms with Gasteiger partial charge in [-0.3, -0.25) is 15.3 Å². The lowest BCUT2D eigenvalue weighted by Crippen LogP contribution is -2.29. The molecular formula is C19H32N2O3. The van der Waals surface area contributed by atoms with Gasteiger partial charge >= 0.3 is 5.97 Å². The summed E-state index contributed by atoms with van der Waals surface area (Å²) in [4.78, 5) is 22.6. The molecule has 0 radical (unpaired) electrons. The maximum atomic E-state index is 11.9. The summed E-state index contributed by atoms with van der Waals surface area (Å²) in [5, 5.41) is 3.00. The Balaban J connectivity index is 2.20. The van der Waals surface area contributed by atoms with E-state index in [1.54, 1.807) is 0 Å². The Labute approximate surface area is 145 Å². The SMILES string of the molecule is CC(=O)OC(N)CCCCC(=O)NCCC1(C)C=C(C)C(C)=C1C. The van der Waals surface area contributed by atoms with Crippen molar-refractivity contribution in [2.75, 3.05) is 6.54 Å². The first-order valence-corrected chi connectivity index (χ1v) is 8.73. The average molecular weight is 336 g/mol. The van der Waals surface area contributed by atoms with Crippen molar-refractivity contribution < 1.29 is 14.3 Å². The summed E-state index contributed by atoms with van der Waals surface area (Å²) >= 11 is 0. The molecular weight excluding hydrogens is 304 g/mol. The maximum Gasteiger partial charge on any atom is 0.304 e. The summed E-state index contributed by atoms with van der Waals surface area (Å²) in [7, 11) is 0. The van der Waals surface area contributed by atoms with Gasteiger partial charge in [0.25, 0.3) is 0 Å². The second-order valence-corrected chi connectivity index (χ2v) is 6.99. The van der Waals surface area contributed by atoms with E-state index >= 15 is 0 Å². The molecule has 2 unspecified atom stereocenters. The van der Waals surface area contributed by atoms with Crippen molar-refractivity contribution >= 4 is 11.9 Å². The Morgan fingerprint density at radius 2 is 1.96 bits per heavy atom. The molecule has 0 aromatic carbocycles. The number of esters is 1. The molecule has 24 heavy (non-hydrogen) atoms. The molecule has 1 aliphatic carbocycles. The first-order chi connectivity index (χ1) is 11.2. The second-order valence-electron chi connectivity index (χ2n) is 6.99. The van der Waals surface area contributed by atoms with Gasteiger partial charge in [0.1, 0.15) is 0 Å². The molecule has 1 amide bonds. The molecule has 1 aliphatic rings. The number of ether oxygens (including phenoxy) is 1. The third kappa shape index (κ3) is 6.11. The lowest BCUT2D eigenvalue weighted by Gasteiger charge is -2.25. The molecule has 2 atom stereocenters. The molecule has 0 spiro atoms. The number of hydrogen-bond donors (Lipinski definition) is 2. The molecule has 0 aromatic rings. The highest BCUT2D eigenvalue weighted by atomic mass is 16.5. The number of rotatable bonds is 9. The largest absolute Gasteiger partial charge is 0.447 e. The molecule has 5 nitrogen and oxygen atoms in total. The Hall–Kier alpha value is -1.62. The molecule has 136 valence electrons. The van der Waals surface area contributed by atoms with Crippen LogP contribution < -0.4 is 11.1 Å². The fourth-order valence-corrected chi connectivity index (χ4v) is 3.13. The van der Waals surface area contributed by atoms with Gasteiger partial charge in [-0.25, -0.2) is 0 Å². The smallest absolute Gasteiger partial charge is 0.304 e. The molecule has 0 saturated carbocycles. The number of amides is 1. The van der Waals surface area contributed by atoms with Crippen molar-refractivity contribution in [3.05, 3.63) is 22.8 Å². The molecule has 0 aromatic heterocycles. The van der Waals surface area contributed by atoms with Crippen LogP contribution in [0.15, 0.2) is 22.8 Å². The monoisotopic (exact) mass is 336 g/mol. The minimum absolute atomic E-state index is 0.0538. The van der Waals surface area contributed by atoms with Crippen molar-refractivity contribution in [1.82, 2.24) is 5.32 Å². The van der Waals surface area contributed by atoms with Crippen LogP contribution in [0.3, 0.4) is 0 Å². The predicted octanol–water partition coefficient (Wildman–Crippen LogP) is 3.20. The minimum Gasteiger partial charge on any atom is -0.447 e. The van der Waals surface area contributed by atoms with Crippen LogP contribution in [0, 0.1) is 5.41 Å². The average Bonchev–Trinajstić information content (AvgIpc) is 2.67. The molecule has 0 heterocycles. The number of nitrogens with one attached hydrogen (secondary N) is 1. The zero-order chi connectivity index (χ0) is 18.3. The predicted molar refractivity (Wildman–Crippen MR) is 96.1 cm³/mol. The fraction of sp³-hybridized carbons (Fsp3) is 0.684. The quantitative estimate of drug-likeness (QED) is 0.385. The summed E-state index contributed by atoms with van der Waals surface area (Å²) in [5.74, 6) is -0.304. The number of carbonyl (C=O) groups excluding carboxylic acids is 2. The van der Waals surface area contributed by atoms with Gasteiger partial charge in [-0.2, -0.15) is 0 Å². The van der Waals surface area contributed by atoms with E-state index in [9.17, 15) is 9.59 Å². The third-order valence-electron chi connectivity index (χ3n) is 4.97. The Morgan fingerprint density at radius 1 is 1.29 bits per heavy atom. The molecule has 0 bridgehead atoms. The van der Waals surface area contributed by atoms with E-state index in [0.29, 0.717) is 19.4 Å². The van der Waals surface area contributed by atoms with Crippen LogP contribution in [0.1, 0.15) is 66.7 Å². The van der Waals surface area contributed by atoms with E-state index in [1.807, 2.05) is 0 Å². The summed E-state index contributed by atoms with van der Waals surface area (Å²) in [5.41, 5.74) is 9.80. The van der Waals surface area contributed by atoms with E-state index in [2.05, 4.69) is 39.1 Å². The van der Waals surface area contributed by atoms with Crippen LogP contribution in [0.4, 0.5) is 0 Å². The van der Waals surface area contributed by atoms with Crippen LogP contribution in [0.5, 0.6) is 0 Å². The van der Waals surface area contributed by atoms with Gasteiger partial charge in [-0.05, 0) is 52.0 Å². The van der Waals surface area contributed by atoms with E-state index in [-0.39, 0.29) is 17.3 Å². The van der Waals surface area contributed by atoms with Crippen molar-refractivity contribution in [3.8, 4) is 0 Å². The fourth-order valence-electron chi connectivity index (χ4n) is 3.13. The van der Waals surface area contributed by atoms with Crippen molar-refractivity contribution in [3.63, 3.8) is 0 Å². The van der Waals surface area contributed by atoms with Crippen LogP contribution >= 0.6 is 0 Å². The summed E-state index contributed by atoms with van der Waals surface area (Å²) < 4.78 is 4.85. The first kappa shape index (κ1) is 20.4. The van der Waals surface area contributed by atoms with E-state index < -0.39 is 6.23 Å². The zero-order valence-corrected chi connectivity index (χ0v) is 15.7. The number of nitrogens with two attached hydrogens (primary N) is 1. The topological polar surface area (TPSA) is 81.4 Å². The van der Waals surface area contributed by atoms with Gasteiger partial charge in [0.15, 0.2) is 6.23 Å². The molecule has 0 saturated heterocycles. The minimum atomic E-state index is -0.569. The highest BCUT2D eigenvalue weighted by Crippen LogP contribution is 2.42. The molecule has 1 rings (SSSR count). The van der Waals surface area contributed by atoms with Crippen molar-refractivity contribution in [1.29, 1.82) is 0 Å². The first-order valence-electron chi connectivity index (χ1n) is 8.73. The Bertz CT molecular complexity index is 537. The zero-order valence-electron chi connectivity index (χ0n) is 15.7. The molecule has 0 fully saturated rings. The molecule has 3 N–H and O–H groups in total. The number of unbranched alkanes of at least 4 members (excludes halogenated alkanes) is 1. The number of hydrogen-bond acceptors (Lipinski definition) is 4. The normalized spacial score (nSPS) is 21.5. The van der Waals surface area contributed by atoms with Gasteiger partial charge in [0.2, 0.25) is 5.91 Å². The van der Waals surface area contributed by atoms with E-state index in [0.717, 1.165) is 19.3 Å². The van der Waals surface area contributed by atoms with Gasteiger partial charge in [-0.15, -0.1) is 0 Å². The second kappa shape index (κ2) is 9.02. The standard InChI is InChI=1S/C19H32N2O3/c1-13-12-19(5,15(3)14(13)2)10-11-21-18(23)9-7-6-8-17(20)24-16(4)22/h12,17H,6-11,20H2,1-5H3,(H,21,23). The lowest BCUT2D eigenvalue weighted by atomic mass is 9.82. The van der Waals surface area contributed by atoms with Crippen LogP contribution in [-0.2, 0) is 14.3 Å². The Morgan fingerprint density at radius 3 is 2.50 bits per heavy atom. The van der Waals surface area contributed by atoms with Crippen LogP contribution in [-0.4, -0.2) is 24.6 Å². The van der Waals surface area contributed by atoms with Gasteiger partial charge < -0.3 is 10.1 Å². The molecule has 0 aliphatic heterocycles. The van der Waals surface area contributed by atoms with Gasteiger partial charge in [0.05, 0.1) is 0 Å². The highest BCUT2D eigenvalue weighted by molar-refractivity contribution is 5.75. The molecule has 5 heteroatoms. The lowest BCUT2D eigenvalue weighted by molar-refractivity contribution is -0.146. The number of allylic oxidation sites excluding steroid dienone is 4. The maximum absolute atomic E-state index is 11.9. The van der Waals surface area contributed by atoms with Gasteiger partial charge in [0, 0.05) is 25.3 Å². The number of carbonyl (C=O) groups is 2. The van der Waals surface area contributed by atoms with E-state index in [4.69, 9.17) is 10.5 Å². The van der Waals surface area contributed by atoms with Crippen LogP contribution in [0.2, 0.25) is 0 Å². The highest BCUT2D eigenvalue weighted by Gasteiger charge is 2.30. The summed E-state index contributed by atoms with van der Waals surface area (Å²) in [6.07, 6.45) is 5.22. The van der Waals surface area contributed by atoms with E-state index in [1.165, 1.54) is 23.6 Å².